The van der Waals surface area contributed by atoms with Crippen molar-refractivity contribution in [2.45, 2.75) is 26.7 Å². The molecule has 1 aliphatic carbocycles. The first-order chi connectivity index (χ1) is 5.75. The maximum Gasteiger partial charge on any atom is 0.309 e. The van der Waals surface area contributed by atoms with E-state index in [0.717, 1.165) is 12.8 Å². The molecule has 0 saturated carbocycles. The van der Waals surface area contributed by atoms with Crippen LogP contribution in [0.5, 0.6) is 0 Å². The zero-order valence-electron chi connectivity index (χ0n) is 7.75. The minimum absolute atomic E-state index is 0.0330. The van der Waals surface area contributed by atoms with Crippen molar-refractivity contribution in [2.75, 3.05) is 6.61 Å². The largest absolute Gasteiger partial charge is 0.466 e. The summed E-state index contributed by atoms with van der Waals surface area (Å²) in [5.41, 5.74) is 0. The molecule has 2 heteroatoms. The van der Waals surface area contributed by atoms with Crippen LogP contribution in [0, 0.1) is 11.8 Å². The van der Waals surface area contributed by atoms with Crippen molar-refractivity contribution in [3.63, 3.8) is 0 Å². The van der Waals surface area contributed by atoms with Crippen LogP contribution in [-0.2, 0) is 9.53 Å². The highest BCUT2D eigenvalue weighted by molar-refractivity contribution is 5.73. The molecule has 0 aromatic carbocycles. The van der Waals surface area contributed by atoms with Crippen molar-refractivity contribution < 1.29 is 9.53 Å². The van der Waals surface area contributed by atoms with E-state index < -0.39 is 0 Å². The predicted molar refractivity (Wildman–Crippen MR) is 47.7 cm³/mol. The van der Waals surface area contributed by atoms with E-state index in [1.807, 2.05) is 6.92 Å². The first-order valence-corrected chi connectivity index (χ1v) is 4.57. The summed E-state index contributed by atoms with van der Waals surface area (Å²) in [5.74, 6) is 0.498. The van der Waals surface area contributed by atoms with Crippen LogP contribution in [0.1, 0.15) is 26.7 Å². The lowest BCUT2D eigenvalue weighted by Gasteiger charge is -2.22. The number of hydrogen-bond acceptors (Lipinski definition) is 2. The average molecular weight is 168 g/mol. The van der Waals surface area contributed by atoms with E-state index in [4.69, 9.17) is 4.74 Å². The Morgan fingerprint density at radius 3 is 2.75 bits per heavy atom. The van der Waals surface area contributed by atoms with Crippen LogP contribution in [0.15, 0.2) is 12.2 Å². The van der Waals surface area contributed by atoms with E-state index in [1.165, 1.54) is 0 Å². The fraction of sp³-hybridized carbons (Fsp3) is 0.700. The van der Waals surface area contributed by atoms with Gasteiger partial charge < -0.3 is 4.74 Å². The van der Waals surface area contributed by atoms with Gasteiger partial charge in [0.25, 0.3) is 0 Å². The Morgan fingerprint density at radius 1 is 1.50 bits per heavy atom. The minimum Gasteiger partial charge on any atom is -0.466 e. The Hall–Kier alpha value is -0.790. The van der Waals surface area contributed by atoms with Gasteiger partial charge in [-0.2, -0.15) is 0 Å². The second-order valence-electron chi connectivity index (χ2n) is 3.28. The highest BCUT2D eigenvalue weighted by Crippen LogP contribution is 2.25. The summed E-state index contributed by atoms with van der Waals surface area (Å²) in [6.45, 7) is 4.44. The first-order valence-electron chi connectivity index (χ1n) is 4.57. The van der Waals surface area contributed by atoms with Gasteiger partial charge in [0.15, 0.2) is 0 Å². The molecule has 0 heterocycles. The van der Waals surface area contributed by atoms with Gasteiger partial charge in [0, 0.05) is 0 Å². The Kier molecular flexibility index (Phi) is 3.32. The van der Waals surface area contributed by atoms with Crippen LogP contribution in [0.3, 0.4) is 0 Å². The van der Waals surface area contributed by atoms with Gasteiger partial charge in [-0.15, -0.1) is 0 Å². The molecule has 0 fully saturated rings. The molecule has 2 nitrogen and oxygen atoms in total. The minimum atomic E-state index is -0.0330. The summed E-state index contributed by atoms with van der Waals surface area (Å²) in [6, 6.07) is 0. The molecule has 0 aromatic rings. The number of hydrogen-bond donors (Lipinski definition) is 0. The van der Waals surface area contributed by atoms with Crippen molar-refractivity contribution in [2.24, 2.45) is 11.8 Å². The van der Waals surface area contributed by atoms with Crippen LogP contribution in [0.2, 0.25) is 0 Å². The molecule has 1 unspecified atom stereocenters. The van der Waals surface area contributed by atoms with Crippen LogP contribution in [0.25, 0.3) is 0 Å². The molecule has 0 radical (unpaired) electrons. The Labute approximate surface area is 73.6 Å². The zero-order valence-corrected chi connectivity index (χ0v) is 7.75. The van der Waals surface area contributed by atoms with E-state index in [1.54, 1.807) is 0 Å². The molecule has 2 atom stereocenters. The molecule has 0 N–H and O–H groups in total. The fourth-order valence-electron chi connectivity index (χ4n) is 1.53. The maximum absolute atomic E-state index is 11.4. The van der Waals surface area contributed by atoms with Crippen molar-refractivity contribution in [3.8, 4) is 0 Å². The number of allylic oxidation sites excluding steroid dienone is 2. The highest BCUT2D eigenvalue weighted by Gasteiger charge is 2.26. The van der Waals surface area contributed by atoms with Gasteiger partial charge in [0.1, 0.15) is 0 Å². The third kappa shape index (κ3) is 2.10. The van der Waals surface area contributed by atoms with Crippen LogP contribution >= 0.6 is 0 Å². The summed E-state index contributed by atoms with van der Waals surface area (Å²) in [5, 5.41) is 0. The summed E-state index contributed by atoms with van der Waals surface area (Å²) in [7, 11) is 0. The zero-order chi connectivity index (χ0) is 8.97. The molecule has 0 aliphatic heterocycles. The summed E-state index contributed by atoms with van der Waals surface area (Å²) < 4.78 is 4.98. The van der Waals surface area contributed by atoms with Gasteiger partial charge in [-0.25, -0.2) is 0 Å². The molecule has 0 amide bonds. The monoisotopic (exact) mass is 168 g/mol. The molecule has 12 heavy (non-hydrogen) atoms. The lowest BCUT2D eigenvalue weighted by molar-refractivity contribution is -0.149. The number of esters is 1. The van der Waals surface area contributed by atoms with E-state index in [9.17, 15) is 4.79 Å². The van der Waals surface area contributed by atoms with Crippen LogP contribution in [0.4, 0.5) is 0 Å². The van der Waals surface area contributed by atoms with Gasteiger partial charge in [0.05, 0.1) is 12.5 Å². The Morgan fingerprint density at radius 2 is 2.17 bits per heavy atom. The molecule has 0 aromatic heterocycles. The Bertz CT molecular complexity index is 184. The average Bonchev–Trinajstić information content (AvgIpc) is 2.05. The molecule has 1 aliphatic rings. The second kappa shape index (κ2) is 4.29. The second-order valence-corrected chi connectivity index (χ2v) is 3.28. The molecular weight excluding hydrogens is 152 g/mol. The summed E-state index contributed by atoms with van der Waals surface area (Å²) in [6.07, 6.45) is 6.06. The number of ether oxygens (including phenoxy) is 1. The summed E-state index contributed by atoms with van der Waals surface area (Å²) in [4.78, 5) is 11.4. The molecule has 0 spiro atoms. The van der Waals surface area contributed by atoms with E-state index in [2.05, 4.69) is 19.1 Å². The van der Waals surface area contributed by atoms with E-state index in [-0.39, 0.29) is 11.9 Å². The fourth-order valence-corrected chi connectivity index (χ4v) is 1.53. The van der Waals surface area contributed by atoms with Gasteiger partial charge in [-0.05, 0) is 25.7 Å². The van der Waals surface area contributed by atoms with Crippen molar-refractivity contribution >= 4 is 5.97 Å². The number of carbonyl (C=O) groups is 1. The Balaban J connectivity index is 2.49. The predicted octanol–water partition coefficient (Wildman–Crippen LogP) is 2.15. The third-order valence-electron chi connectivity index (χ3n) is 2.34. The number of rotatable bonds is 2. The normalized spacial score (nSPS) is 28.5. The SMILES string of the molecule is CCOC(=O)C1CC=CC[C@@H]1C. The smallest absolute Gasteiger partial charge is 0.309 e. The molecular formula is C10H16O2. The van der Waals surface area contributed by atoms with Gasteiger partial charge in [-0.3, -0.25) is 4.79 Å². The van der Waals surface area contributed by atoms with Gasteiger partial charge in [-0.1, -0.05) is 19.1 Å². The molecule has 1 rings (SSSR count). The lowest BCUT2D eigenvalue weighted by atomic mass is 9.84. The summed E-state index contributed by atoms with van der Waals surface area (Å²) >= 11 is 0. The van der Waals surface area contributed by atoms with Crippen molar-refractivity contribution in [3.05, 3.63) is 12.2 Å². The standard InChI is InChI=1S/C10H16O2/c1-3-12-10(11)9-7-5-4-6-8(9)2/h4-5,8-9H,3,6-7H2,1-2H3/t8-,9?/m0/s1. The molecule has 68 valence electrons. The van der Waals surface area contributed by atoms with E-state index in [0.29, 0.717) is 12.5 Å². The number of carbonyl (C=O) groups excluding carboxylic acids is 1. The highest BCUT2D eigenvalue weighted by atomic mass is 16.5. The van der Waals surface area contributed by atoms with Crippen LogP contribution in [-0.4, -0.2) is 12.6 Å². The lowest BCUT2D eigenvalue weighted by Crippen LogP contribution is -2.25. The third-order valence-corrected chi connectivity index (χ3v) is 2.34. The van der Waals surface area contributed by atoms with Gasteiger partial charge >= 0.3 is 5.97 Å². The van der Waals surface area contributed by atoms with Crippen molar-refractivity contribution in [1.82, 2.24) is 0 Å². The quantitative estimate of drug-likeness (QED) is 0.466. The topological polar surface area (TPSA) is 26.3 Å². The van der Waals surface area contributed by atoms with Gasteiger partial charge in [0.2, 0.25) is 0 Å². The van der Waals surface area contributed by atoms with Crippen molar-refractivity contribution in [1.29, 1.82) is 0 Å². The maximum atomic E-state index is 11.4. The van der Waals surface area contributed by atoms with Crippen LogP contribution < -0.4 is 0 Å². The first kappa shape index (κ1) is 9.30. The van der Waals surface area contributed by atoms with E-state index >= 15 is 0 Å². The molecule has 0 bridgehead atoms. The molecule has 0 saturated heterocycles.